The molecule has 1 aliphatic heterocycles. The number of carbonyl (C=O) groups excluding carboxylic acids is 3. The number of esters is 1. The predicted molar refractivity (Wildman–Crippen MR) is 109 cm³/mol. The maximum Gasteiger partial charge on any atom is 0.337 e. The Morgan fingerprint density at radius 2 is 1.72 bits per heavy atom. The molecule has 3 rings (SSSR count). The van der Waals surface area contributed by atoms with E-state index in [4.69, 9.17) is 4.74 Å². The van der Waals surface area contributed by atoms with Gasteiger partial charge in [0, 0.05) is 18.8 Å². The maximum absolute atomic E-state index is 12.4. The summed E-state index contributed by atoms with van der Waals surface area (Å²) in [7, 11) is 1.28. The molecule has 1 saturated heterocycles. The van der Waals surface area contributed by atoms with Crippen LogP contribution in [0.1, 0.15) is 16.8 Å². The normalized spacial score (nSPS) is 13.5. The van der Waals surface area contributed by atoms with Gasteiger partial charge >= 0.3 is 5.97 Å². The fourth-order valence-electron chi connectivity index (χ4n) is 3.05. The third kappa shape index (κ3) is 5.55. The van der Waals surface area contributed by atoms with Crippen molar-refractivity contribution in [3.05, 3.63) is 54.1 Å². The van der Waals surface area contributed by atoms with E-state index in [1.165, 1.54) is 13.2 Å². The number of hydrogen-bond acceptors (Lipinski definition) is 6. The molecule has 152 valence electrons. The van der Waals surface area contributed by atoms with Gasteiger partial charge in [0.1, 0.15) is 6.42 Å². The third-order valence-corrected chi connectivity index (χ3v) is 4.42. The van der Waals surface area contributed by atoms with Crippen LogP contribution in [0.25, 0.3) is 0 Å². The van der Waals surface area contributed by atoms with Crippen molar-refractivity contribution in [2.45, 2.75) is 6.42 Å². The summed E-state index contributed by atoms with van der Waals surface area (Å²) in [5.41, 5.74) is 2.28. The zero-order chi connectivity index (χ0) is 20.6. The summed E-state index contributed by atoms with van der Waals surface area (Å²) in [5.74, 6) is -1.40. The van der Waals surface area contributed by atoms with Gasteiger partial charge < -0.3 is 25.0 Å². The van der Waals surface area contributed by atoms with Crippen LogP contribution in [-0.2, 0) is 19.1 Å². The molecule has 1 heterocycles. The van der Waals surface area contributed by atoms with Crippen LogP contribution < -0.4 is 15.5 Å². The smallest absolute Gasteiger partial charge is 0.337 e. The van der Waals surface area contributed by atoms with Crippen LogP contribution in [0.2, 0.25) is 0 Å². The zero-order valence-electron chi connectivity index (χ0n) is 16.1. The number of methoxy groups -OCH3 is 1. The highest BCUT2D eigenvalue weighted by Gasteiger charge is 2.17. The Labute approximate surface area is 168 Å². The molecule has 0 spiro atoms. The Bertz CT molecular complexity index is 893. The molecule has 0 saturated carbocycles. The fraction of sp³-hybridized carbons (Fsp3) is 0.286. The van der Waals surface area contributed by atoms with E-state index in [-0.39, 0.29) is 6.42 Å². The molecule has 2 amide bonds. The monoisotopic (exact) mass is 397 g/mol. The second-order valence-corrected chi connectivity index (χ2v) is 6.46. The first-order valence-corrected chi connectivity index (χ1v) is 9.26. The average molecular weight is 397 g/mol. The van der Waals surface area contributed by atoms with Gasteiger partial charge in [0.15, 0.2) is 0 Å². The zero-order valence-corrected chi connectivity index (χ0v) is 16.1. The van der Waals surface area contributed by atoms with Crippen molar-refractivity contribution in [1.29, 1.82) is 0 Å². The van der Waals surface area contributed by atoms with E-state index in [1.54, 1.807) is 24.3 Å². The van der Waals surface area contributed by atoms with Gasteiger partial charge in [-0.25, -0.2) is 4.79 Å². The number of para-hydroxylation sites is 2. The molecule has 2 N–H and O–H groups in total. The minimum Gasteiger partial charge on any atom is -0.465 e. The molecule has 1 aliphatic rings. The highest BCUT2D eigenvalue weighted by molar-refractivity contribution is 6.09. The molecule has 1 fully saturated rings. The highest BCUT2D eigenvalue weighted by Crippen LogP contribution is 2.26. The van der Waals surface area contributed by atoms with Crippen LogP contribution in [-0.4, -0.2) is 51.2 Å². The van der Waals surface area contributed by atoms with Crippen LogP contribution in [0.3, 0.4) is 0 Å². The molecule has 29 heavy (non-hydrogen) atoms. The van der Waals surface area contributed by atoms with Gasteiger partial charge in [-0.3, -0.25) is 9.59 Å². The standard InChI is InChI=1S/C21H23N3O5/c1-28-21(27)15-5-4-6-16(13-15)22-19(25)14-20(26)23-17-7-2-3-8-18(17)24-9-11-29-12-10-24/h2-8,13H,9-12,14H2,1H3,(H,22,25)(H,23,26). The molecular formula is C21H23N3O5. The molecule has 2 aromatic carbocycles. The Balaban J connectivity index is 1.60. The number of benzene rings is 2. The summed E-state index contributed by atoms with van der Waals surface area (Å²) >= 11 is 0. The number of anilines is 3. The van der Waals surface area contributed by atoms with E-state index in [0.29, 0.717) is 30.2 Å². The van der Waals surface area contributed by atoms with E-state index in [0.717, 1.165) is 18.8 Å². The lowest BCUT2D eigenvalue weighted by molar-refractivity contribution is -0.123. The van der Waals surface area contributed by atoms with E-state index >= 15 is 0 Å². The third-order valence-electron chi connectivity index (χ3n) is 4.42. The quantitative estimate of drug-likeness (QED) is 0.573. The van der Waals surface area contributed by atoms with Crippen molar-refractivity contribution in [3.63, 3.8) is 0 Å². The number of hydrogen-bond donors (Lipinski definition) is 2. The Kier molecular flexibility index (Phi) is 6.80. The molecule has 0 radical (unpaired) electrons. The summed E-state index contributed by atoms with van der Waals surface area (Å²) in [4.78, 5) is 38.3. The first-order chi connectivity index (χ1) is 14.1. The van der Waals surface area contributed by atoms with Crippen LogP contribution in [0, 0.1) is 0 Å². The molecule has 0 bridgehead atoms. The van der Waals surface area contributed by atoms with Gasteiger partial charge in [-0.2, -0.15) is 0 Å². The molecule has 2 aromatic rings. The average Bonchev–Trinajstić information content (AvgIpc) is 2.74. The van der Waals surface area contributed by atoms with Crippen molar-refractivity contribution < 1.29 is 23.9 Å². The number of morpholine rings is 1. The Hall–Kier alpha value is -3.39. The van der Waals surface area contributed by atoms with Crippen LogP contribution in [0.15, 0.2) is 48.5 Å². The Morgan fingerprint density at radius 3 is 2.48 bits per heavy atom. The summed E-state index contributed by atoms with van der Waals surface area (Å²) in [6.07, 6.45) is -0.347. The number of carbonyl (C=O) groups is 3. The number of rotatable bonds is 6. The molecular weight excluding hydrogens is 374 g/mol. The maximum atomic E-state index is 12.4. The molecule has 0 unspecified atom stereocenters. The van der Waals surface area contributed by atoms with Gasteiger partial charge in [-0.15, -0.1) is 0 Å². The molecule has 0 aliphatic carbocycles. The second-order valence-electron chi connectivity index (χ2n) is 6.46. The SMILES string of the molecule is COC(=O)c1cccc(NC(=O)CC(=O)Nc2ccccc2N2CCOCC2)c1. The van der Waals surface area contributed by atoms with E-state index in [2.05, 4.69) is 20.3 Å². The topological polar surface area (TPSA) is 97.0 Å². The minimum atomic E-state index is -0.501. The largest absolute Gasteiger partial charge is 0.465 e. The van der Waals surface area contributed by atoms with Crippen LogP contribution >= 0.6 is 0 Å². The summed E-state index contributed by atoms with van der Waals surface area (Å²) in [6, 6.07) is 13.8. The first kappa shape index (κ1) is 20.3. The molecule has 8 heteroatoms. The van der Waals surface area contributed by atoms with Gasteiger partial charge in [-0.05, 0) is 30.3 Å². The van der Waals surface area contributed by atoms with E-state index in [9.17, 15) is 14.4 Å². The van der Waals surface area contributed by atoms with Gasteiger partial charge in [-0.1, -0.05) is 18.2 Å². The lowest BCUT2D eigenvalue weighted by atomic mass is 10.2. The number of nitrogens with zero attached hydrogens (tertiary/aromatic N) is 1. The van der Waals surface area contributed by atoms with Crippen LogP contribution in [0.4, 0.5) is 17.1 Å². The number of ether oxygens (including phenoxy) is 2. The minimum absolute atomic E-state index is 0.314. The summed E-state index contributed by atoms with van der Waals surface area (Å²) in [5, 5.41) is 5.43. The summed E-state index contributed by atoms with van der Waals surface area (Å²) in [6.45, 7) is 2.75. The van der Waals surface area contributed by atoms with Crippen molar-refractivity contribution in [3.8, 4) is 0 Å². The van der Waals surface area contributed by atoms with Crippen molar-refractivity contribution in [1.82, 2.24) is 0 Å². The van der Waals surface area contributed by atoms with Crippen molar-refractivity contribution >= 4 is 34.8 Å². The van der Waals surface area contributed by atoms with Crippen molar-refractivity contribution in [2.75, 3.05) is 48.9 Å². The fourth-order valence-corrected chi connectivity index (χ4v) is 3.05. The number of amides is 2. The van der Waals surface area contributed by atoms with E-state index < -0.39 is 17.8 Å². The molecule has 0 atom stereocenters. The van der Waals surface area contributed by atoms with Gasteiger partial charge in [0.05, 0.1) is 37.3 Å². The highest BCUT2D eigenvalue weighted by atomic mass is 16.5. The summed E-state index contributed by atoms with van der Waals surface area (Å²) < 4.78 is 10.0. The van der Waals surface area contributed by atoms with Gasteiger partial charge in [0.2, 0.25) is 11.8 Å². The number of nitrogens with one attached hydrogen (secondary N) is 2. The lowest BCUT2D eigenvalue weighted by Crippen LogP contribution is -2.36. The molecule has 0 aromatic heterocycles. The molecule has 8 nitrogen and oxygen atoms in total. The first-order valence-electron chi connectivity index (χ1n) is 9.26. The second kappa shape index (κ2) is 9.70. The van der Waals surface area contributed by atoms with E-state index in [1.807, 2.05) is 18.2 Å². The lowest BCUT2D eigenvalue weighted by Gasteiger charge is -2.30. The van der Waals surface area contributed by atoms with Gasteiger partial charge in [0.25, 0.3) is 0 Å². The van der Waals surface area contributed by atoms with Crippen molar-refractivity contribution in [2.24, 2.45) is 0 Å². The predicted octanol–water partition coefficient (Wildman–Crippen LogP) is 2.28. The van der Waals surface area contributed by atoms with Crippen LogP contribution in [0.5, 0.6) is 0 Å². The Morgan fingerprint density at radius 1 is 1.00 bits per heavy atom.